The molecule has 0 aliphatic carbocycles. The molecule has 0 unspecified atom stereocenters. The monoisotopic (exact) mass is 960 g/mol. The Balaban J connectivity index is 0.000000158. The number of amidine groups is 2. The summed E-state index contributed by atoms with van der Waals surface area (Å²) in [7, 11) is 0. The molecule has 8 aromatic rings. The molecule has 23 nitrogen and oxygen atoms in total. The minimum absolute atomic E-state index is 0.0324. The number of halogens is 2. The van der Waals surface area contributed by atoms with Gasteiger partial charge in [-0.25, -0.2) is 32.9 Å². The van der Waals surface area contributed by atoms with Crippen molar-refractivity contribution in [3.05, 3.63) is 144 Å². The van der Waals surface area contributed by atoms with Gasteiger partial charge in [0.2, 0.25) is 12.4 Å². The van der Waals surface area contributed by atoms with Crippen molar-refractivity contribution in [1.82, 2.24) is 69.9 Å². The van der Waals surface area contributed by atoms with E-state index in [9.17, 15) is 28.0 Å². The Labute approximate surface area is 400 Å². The van der Waals surface area contributed by atoms with Crippen LogP contribution in [0.25, 0.3) is 33.4 Å². The lowest BCUT2D eigenvalue weighted by Crippen LogP contribution is -2.52. The van der Waals surface area contributed by atoms with Crippen molar-refractivity contribution < 1.29 is 33.1 Å². The Morgan fingerprint density at radius 3 is 1.48 bits per heavy atom. The van der Waals surface area contributed by atoms with Gasteiger partial charge in [-0.3, -0.25) is 14.4 Å². The van der Waals surface area contributed by atoms with Crippen LogP contribution in [0.15, 0.2) is 120 Å². The second kappa shape index (κ2) is 21.8. The molecular weight excluding hydrogens is 923 g/mol. The summed E-state index contributed by atoms with van der Waals surface area (Å²) in [5, 5.41) is 44.6. The predicted molar refractivity (Wildman–Crippen MR) is 248 cm³/mol. The first-order valence-electron chi connectivity index (χ1n) is 21.5. The van der Waals surface area contributed by atoms with E-state index >= 15 is 0 Å². The minimum Gasteiger partial charge on any atom is -0.475 e. The molecule has 2 aliphatic heterocycles. The molecule has 1 amide bonds. The molecule has 0 bridgehead atoms. The fraction of sp³-hybridized carbons (Fsp3) is 0.174. The second-order valence-corrected chi connectivity index (χ2v) is 15.2. The van der Waals surface area contributed by atoms with Crippen molar-refractivity contribution in [2.24, 2.45) is 9.98 Å². The van der Waals surface area contributed by atoms with E-state index in [1.807, 2.05) is 77.9 Å². The number of nitrogens with one attached hydrogen (secondary N) is 3. The maximum absolute atomic E-state index is 14.7. The number of carbonyl (C=O) groups excluding carboxylic acids is 3. The van der Waals surface area contributed by atoms with Crippen LogP contribution in [0.1, 0.15) is 31.8 Å². The average Bonchev–Trinajstić information content (AvgIpc) is 4.27. The Morgan fingerprint density at radius 1 is 0.620 bits per heavy atom. The van der Waals surface area contributed by atoms with Gasteiger partial charge in [0.15, 0.2) is 23.3 Å². The third kappa shape index (κ3) is 10.3. The number of aromatic nitrogens is 10. The quantitative estimate of drug-likeness (QED) is 0.0560. The number of pyridine rings is 2. The minimum atomic E-state index is -1.66. The molecular formula is C46H38F2N18O5. The maximum atomic E-state index is 14.7. The van der Waals surface area contributed by atoms with E-state index in [0.29, 0.717) is 18.9 Å². The summed E-state index contributed by atoms with van der Waals surface area (Å²) in [4.78, 5) is 75.1. The van der Waals surface area contributed by atoms with Crippen LogP contribution in [-0.4, -0.2) is 157 Å². The summed E-state index contributed by atoms with van der Waals surface area (Å²) < 4.78 is 31.1. The maximum Gasteiger partial charge on any atom is 0.377 e. The second-order valence-electron chi connectivity index (χ2n) is 15.2. The highest BCUT2D eigenvalue weighted by Crippen LogP contribution is 2.27. The first kappa shape index (κ1) is 47.6. The lowest BCUT2D eigenvalue weighted by molar-refractivity contribution is -0.131. The van der Waals surface area contributed by atoms with E-state index in [2.05, 4.69) is 60.8 Å². The molecule has 0 spiro atoms. The highest BCUT2D eigenvalue weighted by molar-refractivity contribution is 6.45. The Kier molecular flexibility index (Phi) is 14.6. The summed E-state index contributed by atoms with van der Waals surface area (Å²) in [5.74, 6) is -4.19. The summed E-state index contributed by atoms with van der Waals surface area (Å²) >= 11 is 0. The summed E-state index contributed by atoms with van der Waals surface area (Å²) in [6, 6.07) is 19.1. The molecule has 25 heteroatoms. The summed E-state index contributed by atoms with van der Waals surface area (Å²) in [6.07, 6.45) is 13.9. The van der Waals surface area contributed by atoms with Gasteiger partial charge in [-0.2, -0.15) is 20.5 Å². The van der Waals surface area contributed by atoms with Crippen molar-refractivity contribution >= 4 is 56.9 Å². The van der Waals surface area contributed by atoms with Crippen molar-refractivity contribution in [2.75, 3.05) is 52.4 Å². The summed E-state index contributed by atoms with van der Waals surface area (Å²) in [5.41, 5.74) is 1.84. The zero-order valence-corrected chi connectivity index (χ0v) is 37.1. The molecule has 0 radical (unpaired) electrons. The van der Waals surface area contributed by atoms with Crippen molar-refractivity contribution in [2.45, 2.75) is 0 Å². The number of hydrogen-bond acceptors (Lipinski definition) is 15. The molecule has 10 rings (SSSR count). The van der Waals surface area contributed by atoms with E-state index in [4.69, 9.17) is 15.6 Å². The zero-order valence-electron chi connectivity index (χ0n) is 37.1. The molecule has 71 heavy (non-hydrogen) atoms. The molecule has 2 fully saturated rings. The fourth-order valence-electron chi connectivity index (χ4n) is 7.81. The molecule has 2 aliphatic rings. The smallest absolute Gasteiger partial charge is 0.377 e. The number of H-pyrrole nitrogens is 2. The van der Waals surface area contributed by atoms with Crippen LogP contribution in [0, 0.1) is 34.5 Å². The van der Waals surface area contributed by atoms with Crippen LogP contribution >= 0.6 is 0 Å². The van der Waals surface area contributed by atoms with Crippen LogP contribution in [0.2, 0.25) is 0 Å². The van der Waals surface area contributed by atoms with Crippen LogP contribution in [0.5, 0.6) is 0 Å². The topological polar surface area (TPSA) is 301 Å². The molecule has 2 saturated heterocycles. The molecule has 8 heterocycles. The van der Waals surface area contributed by atoms with E-state index < -0.39 is 35.1 Å². The van der Waals surface area contributed by atoms with Crippen LogP contribution in [0.4, 0.5) is 8.78 Å². The van der Waals surface area contributed by atoms with Gasteiger partial charge in [-0.05, 0) is 0 Å². The average molecular weight is 961 g/mol. The number of hydrogen-bond donors (Lipinski definition) is 4. The number of carboxylic acids is 1. The van der Waals surface area contributed by atoms with Gasteiger partial charge >= 0.3 is 5.97 Å². The van der Waals surface area contributed by atoms with Crippen LogP contribution < -0.4 is 5.32 Å². The van der Waals surface area contributed by atoms with Gasteiger partial charge in [-0.15, -0.1) is 10.2 Å². The van der Waals surface area contributed by atoms with E-state index in [1.54, 1.807) is 0 Å². The normalized spacial score (nSPS) is 13.9. The number of aromatic amines is 2. The number of rotatable bonds is 8. The van der Waals surface area contributed by atoms with Gasteiger partial charge in [0, 0.05) is 75.9 Å². The lowest BCUT2D eigenvalue weighted by Gasteiger charge is -2.35. The number of aliphatic imine (C=N–C) groups is 2. The standard InChI is InChI=1S/C23H18FN9O2.C12H14N4.C11H6FN5O3/c24-17-13-27-22(33-7-6-29-30-33)19-18(17)16(12-26-19)20(34)23(35)32-10-8-31(9-11-32)21(28-14-25)15-4-2-1-3-5-15;13-10-15-12(11-4-2-1-3-5-11)16-8-6-14-7-9-16;12-6-4-14-10(17-2-1-15-16-17)8-7(6)5(3-13-8)9(18)11(19)20/h1-7,12-13,26H,8-11H2;1-5,14H,6-9H2;1-4,13H,(H,19,20). The van der Waals surface area contributed by atoms with Gasteiger partial charge in [-0.1, -0.05) is 71.1 Å². The number of nitriles is 2. The number of benzene rings is 2. The largest absolute Gasteiger partial charge is 0.475 e. The number of ketones is 2. The summed E-state index contributed by atoms with van der Waals surface area (Å²) in [6.45, 7) is 4.95. The number of piperazine rings is 2. The number of fused-ring (bicyclic) bond motifs is 2. The van der Waals surface area contributed by atoms with Crippen molar-refractivity contribution in [3.63, 3.8) is 0 Å². The molecule has 4 N–H and O–H groups in total. The SMILES string of the molecule is N#CN=C(c1ccccc1)N1CCN(C(=O)C(=O)c2c[nH]c3c(-n4ccnn4)ncc(F)c23)CC1.N#CN=C(c1ccccc1)N1CCNCC1.O=C(O)C(=O)c1c[nH]c2c(-n3ccnn3)ncc(F)c12. The zero-order chi connectivity index (χ0) is 49.9. The molecule has 0 saturated carbocycles. The third-order valence-electron chi connectivity index (χ3n) is 11.1. The number of carboxylic acid groups (broad SMARTS) is 1. The first-order chi connectivity index (χ1) is 34.6. The lowest BCUT2D eigenvalue weighted by atomic mass is 10.1. The molecule has 0 atom stereocenters. The van der Waals surface area contributed by atoms with E-state index in [0.717, 1.165) is 61.7 Å². The molecule has 2 aromatic carbocycles. The van der Waals surface area contributed by atoms with E-state index in [1.165, 1.54) is 45.2 Å². The van der Waals surface area contributed by atoms with Gasteiger partial charge < -0.3 is 35.1 Å². The number of carbonyl (C=O) groups is 4. The van der Waals surface area contributed by atoms with E-state index in [-0.39, 0.29) is 57.7 Å². The van der Waals surface area contributed by atoms with Crippen LogP contribution in [0.3, 0.4) is 0 Å². The highest BCUT2D eigenvalue weighted by atomic mass is 19.1. The predicted octanol–water partition coefficient (Wildman–Crippen LogP) is 2.91. The van der Waals surface area contributed by atoms with Crippen LogP contribution in [-0.2, 0) is 9.59 Å². The Bertz CT molecular complexity index is 3350. The number of amides is 1. The first-order valence-corrected chi connectivity index (χ1v) is 21.5. The molecule has 6 aromatic heterocycles. The van der Waals surface area contributed by atoms with Crippen molar-refractivity contribution in [3.8, 4) is 24.0 Å². The highest BCUT2D eigenvalue weighted by Gasteiger charge is 2.31. The third-order valence-corrected chi connectivity index (χ3v) is 11.1. The number of Topliss-reactive ketones (excluding diaryl/α,β-unsaturated/α-hetero) is 2. The fourth-order valence-corrected chi connectivity index (χ4v) is 7.81. The van der Waals surface area contributed by atoms with Gasteiger partial charge in [0.05, 0.1) is 70.1 Å². The molecule has 356 valence electrons. The Hall–Kier alpha value is -9.88. The number of aliphatic carboxylic acids is 1. The number of nitrogens with zero attached hydrogens (tertiary/aromatic N) is 15. The van der Waals surface area contributed by atoms with Crippen molar-refractivity contribution in [1.29, 1.82) is 10.5 Å². The van der Waals surface area contributed by atoms with Gasteiger partial charge in [0.1, 0.15) is 11.7 Å². The Morgan fingerprint density at radius 2 is 1.06 bits per heavy atom. The van der Waals surface area contributed by atoms with Gasteiger partial charge in [0.25, 0.3) is 17.5 Å².